The third-order valence-electron chi connectivity index (χ3n) is 3.77. The highest BCUT2D eigenvalue weighted by molar-refractivity contribution is 5.77. The molecule has 0 aliphatic carbocycles. The number of benzene rings is 2. The smallest absolute Gasteiger partial charge is 0.222 e. The lowest BCUT2D eigenvalue weighted by atomic mass is 9.97. The largest absolute Gasteiger partial charge is 0.497 e. The van der Waals surface area contributed by atoms with Crippen LogP contribution in [-0.2, 0) is 4.79 Å². The van der Waals surface area contributed by atoms with Crippen LogP contribution in [0.1, 0.15) is 29.2 Å². The van der Waals surface area contributed by atoms with Gasteiger partial charge in [-0.25, -0.2) is 0 Å². The summed E-state index contributed by atoms with van der Waals surface area (Å²) in [5, 5.41) is 6.12. The van der Waals surface area contributed by atoms with Crippen LogP contribution in [0.2, 0.25) is 0 Å². The number of carbonyl (C=O) groups is 1. The molecule has 1 atom stereocenters. The lowest BCUT2D eigenvalue weighted by Gasteiger charge is -2.20. The van der Waals surface area contributed by atoms with Crippen molar-refractivity contribution in [1.82, 2.24) is 10.6 Å². The van der Waals surface area contributed by atoms with Gasteiger partial charge in [0.1, 0.15) is 5.75 Å². The van der Waals surface area contributed by atoms with Gasteiger partial charge in [0, 0.05) is 13.0 Å². The normalized spacial score (nSPS) is 11.8. The van der Waals surface area contributed by atoms with E-state index in [9.17, 15) is 4.79 Å². The molecule has 0 heterocycles. The lowest BCUT2D eigenvalue weighted by molar-refractivity contribution is -0.121. The molecule has 4 nitrogen and oxygen atoms in total. The molecule has 1 amide bonds. The second-order valence-electron chi connectivity index (χ2n) is 5.54. The van der Waals surface area contributed by atoms with Crippen molar-refractivity contribution in [2.45, 2.75) is 19.4 Å². The summed E-state index contributed by atoms with van der Waals surface area (Å²) in [7, 11) is 3.49. The van der Waals surface area contributed by atoms with Gasteiger partial charge in [0.2, 0.25) is 5.91 Å². The van der Waals surface area contributed by atoms with E-state index in [4.69, 9.17) is 4.74 Å². The third-order valence-corrected chi connectivity index (χ3v) is 3.77. The van der Waals surface area contributed by atoms with Crippen molar-refractivity contribution in [1.29, 1.82) is 0 Å². The molecule has 0 saturated carbocycles. The minimum Gasteiger partial charge on any atom is -0.497 e. The van der Waals surface area contributed by atoms with E-state index in [1.165, 1.54) is 5.56 Å². The van der Waals surface area contributed by atoms with Gasteiger partial charge in [-0.15, -0.1) is 0 Å². The molecule has 0 aliphatic rings. The van der Waals surface area contributed by atoms with E-state index in [1.54, 1.807) is 7.11 Å². The number of methoxy groups -OCH3 is 1. The summed E-state index contributed by atoms with van der Waals surface area (Å²) in [6.45, 7) is 2.72. The Hall–Kier alpha value is -2.33. The molecule has 2 rings (SSSR count). The zero-order valence-corrected chi connectivity index (χ0v) is 13.9. The molecule has 0 aromatic heterocycles. The maximum absolute atomic E-state index is 12.2. The van der Waals surface area contributed by atoms with E-state index in [0.717, 1.165) is 16.9 Å². The monoisotopic (exact) mass is 312 g/mol. The predicted molar refractivity (Wildman–Crippen MR) is 92.7 cm³/mol. The number of hydrogen-bond donors (Lipinski definition) is 2. The van der Waals surface area contributed by atoms with E-state index in [-0.39, 0.29) is 11.9 Å². The van der Waals surface area contributed by atoms with Crippen LogP contribution in [0.3, 0.4) is 0 Å². The Labute approximate surface area is 137 Å². The minimum absolute atomic E-state index is 0.0285. The first-order valence-corrected chi connectivity index (χ1v) is 7.78. The molecule has 0 radical (unpaired) electrons. The molecule has 0 aliphatic heterocycles. The number of nitrogens with one attached hydrogen (secondary N) is 2. The highest BCUT2D eigenvalue weighted by Crippen LogP contribution is 2.24. The van der Waals surface area contributed by atoms with Gasteiger partial charge in [-0.05, 0) is 37.2 Å². The molecule has 4 heteroatoms. The fourth-order valence-electron chi connectivity index (χ4n) is 2.39. The molecule has 2 aromatic carbocycles. The fraction of sp³-hybridized carbons (Fsp3) is 0.316. The summed E-state index contributed by atoms with van der Waals surface area (Å²) in [6, 6.07) is 15.9. The molecule has 122 valence electrons. The minimum atomic E-state index is -0.161. The second kappa shape index (κ2) is 8.34. The van der Waals surface area contributed by atoms with Crippen molar-refractivity contribution in [2.24, 2.45) is 0 Å². The Kier molecular flexibility index (Phi) is 6.18. The van der Waals surface area contributed by atoms with Gasteiger partial charge >= 0.3 is 0 Å². The van der Waals surface area contributed by atoms with Crippen LogP contribution in [0.15, 0.2) is 48.5 Å². The first kappa shape index (κ1) is 17.0. The second-order valence-corrected chi connectivity index (χ2v) is 5.54. The van der Waals surface area contributed by atoms with Crippen molar-refractivity contribution in [3.63, 3.8) is 0 Å². The van der Waals surface area contributed by atoms with Crippen LogP contribution in [0.5, 0.6) is 5.75 Å². The third kappa shape index (κ3) is 4.83. The van der Waals surface area contributed by atoms with Crippen LogP contribution >= 0.6 is 0 Å². The molecule has 1 unspecified atom stereocenters. The Morgan fingerprint density at radius 2 is 1.61 bits per heavy atom. The maximum Gasteiger partial charge on any atom is 0.222 e. The van der Waals surface area contributed by atoms with Gasteiger partial charge in [0.25, 0.3) is 0 Å². The Bertz CT molecular complexity index is 621. The summed E-state index contributed by atoms with van der Waals surface area (Å²) in [4.78, 5) is 12.2. The van der Waals surface area contributed by atoms with Crippen LogP contribution < -0.4 is 15.4 Å². The van der Waals surface area contributed by atoms with Gasteiger partial charge in [0.15, 0.2) is 0 Å². The van der Waals surface area contributed by atoms with Crippen molar-refractivity contribution in [2.75, 3.05) is 20.7 Å². The zero-order valence-electron chi connectivity index (χ0n) is 13.9. The molecule has 23 heavy (non-hydrogen) atoms. The standard InChI is InChI=1S/C19H24N2O2/c1-14-4-6-15(7-5-14)19(21-18(22)12-13-20-2)16-8-10-17(23-3)11-9-16/h4-11,19-20H,12-13H2,1-3H3,(H,21,22). The van der Waals surface area contributed by atoms with E-state index in [0.29, 0.717) is 13.0 Å². The number of carbonyl (C=O) groups excluding carboxylic acids is 1. The first-order chi connectivity index (χ1) is 11.1. The number of rotatable bonds is 7. The first-order valence-electron chi connectivity index (χ1n) is 7.78. The summed E-state index contributed by atoms with van der Waals surface area (Å²) < 4.78 is 5.21. The SMILES string of the molecule is CNCCC(=O)NC(c1ccc(C)cc1)c1ccc(OC)cc1. The highest BCUT2D eigenvalue weighted by Gasteiger charge is 2.16. The van der Waals surface area contributed by atoms with Gasteiger partial charge in [-0.3, -0.25) is 4.79 Å². The Morgan fingerprint density at radius 3 is 2.13 bits per heavy atom. The predicted octanol–water partition coefficient (Wildman–Crippen LogP) is 2.82. The van der Waals surface area contributed by atoms with Crippen molar-refractivity contribution >= 4 is 5.91 Å². The molecular formula is C19H24N2O2. The molecule has 0 saturated heterocycles. The van der Waals surface area contributed by atoms with Gasteiger partial charge in [-0.2, -0.15) is 0 Å². The van der Waals surface area contributed by atoms with Crippen LogP contribution in [0.4, 0.5) is 0 Å². The molecule has 0 fully saturated rings. The van der Waals surface area contributed by atoms with E-state index < -0.39 is 0 Å². The molecule has 2 aromatic rings. The lowest BCUT2D eigenvalue weighted by Crippen LogP contribution is -2.31. The molecule has 0 spiro atoms. The van der Waals surface area contributed by atoms with Gasteiger partial charge in [-0.1, -0.05) is 42.0 Å². The van der Waals surface area contributed by atoms with Crippen LogP contribution in [0.25, 0.3) is 0 Å². The summed E-state index contributed by atoms with van der Waals surface area (Å²) in [5.74, 6) is 0.832. The number of aryl methyl sites for hydroxylation is 1. The number of amides is 1. The van der Waals surface area contributed by atoms with E-state index in [2.05, 4.69) is 41.8 Å². The average Bonchev–Trinajstić information content (AvgIpc) is 2.59. The number of hydrogen-bond acceptors (Lipinski definition) is 3. The fourth-order valence-corrected chi connectivity index (χ4v) is 2.39. The van der Waals surface area contributed by atoms with Crippen molar-refractivity contribution in [3.05, 3.63) is 65.2 Å². The summed E-state index contributed by atoms with van der Waals surface area (Å²) in [5.41, 5.74) is 3.30. The molecular weight excluding hydrogens is 288 g/mol. The highest BCUT2D eigenvalue weighted by atomic mass is 16.5. The van der Waals surface area contributed by atoms with E-state index in [1.807, 2.05) is 31.3 Å². The van der Waals surface area contributed by atoms with Crippen molar-refractivity contribution < 1.29 is 9.53 Å². The summed E-state index contributed by atoms with van der Waals surface area (Å²) >= 11 is 0. The van der Waals surface area contributed by atoms with Gasteiger partial charge in [0.05, 0.1) is 13.2 Å². The molecule has 2 N–H and O–H groups in total. The topological polar surface area (TPSA) is 50.4 Å². The van der Waals surface area contributed by atoms with E-state index >= 15 is 0 Å². The quantitative estimate of drug-likeness (QED) is 0.826. The van der Waals surface area contributed by atoms with Gasteiger partial charge < -0.3 is 15.4 Å². The molecule has 0 bridgehead atoms. The Morgan fingerprint density at radius 1 is 1.04 bits per heavy atom. The Balaban J connectivity index is 2.26. The van der Waals surface area contributed by atoms with Crippen LogP contribution in [-0.4, -0.2) is 26.6 Å². The average molecular weight is 312 g/mol. The number of ether oxygens (including phenoxy) is 1. The summed E-state index contributed by atoms with van der Waals surface area (Å²) in [6.07, 6.45) is 0.453. The zero-order chi connectivity index (χ0) is 16.7. The van der Waals surface area contributed by atoms with Crippen molar-refractivity contribution in [3.8, 4) is 5.75 Å². The maximum atomic E-state index is 12.2. The van der Waals surface area contributed by atoms with Crippen LogP contribution in [0, 0.1) is 6.92 Å².